The van der Waals surface area contributed by atoms with E-state index in [1.54, 1.807) is 18.5 Å². The number of aromatic nitrogens is 3. The molecular formula is C12H13N5. The lowest BCUT2D eigenvalue weighted by molar-refractivity contribution is 0.755. The minimum Gasteiger partial charge on any atom is -0.352 e. The van der Waals surface area contributed by atoms with Gasteiger partial charge in [0.1, 0.15) is 17.7 Å². The van der Waals surface area contributed by atoms with Crippen LogP contribution in [0.2, 0.25) is 0 Å². The number of nitrogens with zero attached hydrogens (tertiary/aromatic N) is 5. The van der Waals surface area contributed by atoms with E-state index in [0.29, 0.717) is 12.1 Å². The van der Waals surface area contributed by atoms with E-state index in [4.69, 9.17) is 5.26 Å². The molecule has 0 aromatic carbocycles. The fourth-order valence-electron chi connectivity index (χ4n) is 1.52. The van der Waals surface area contributed by atoms with Crippen molar-refractivity contribution in [3.63, 3.8) is 0 Å². The van der Waals surface area contributed by atoms with Crippen LogP contribution in [0.1, 0.15) is 11.4 Å². The molecule has 0 aliphatic rings. The van der Waals surface area contributed by atoms with Crippen LogP contribution in [0.25, 0.3) is 0 Å². The van der Waals surface area contributed by atoms with Crippen LogP contribution in [0.5, 0.6) is 0 Å². The fraction of sp³-hybridized carbons (Fsp3) is 0.250. The second kappa shape index (κ2) is 4.66. The Bertz CT molecular complexity index is 535. The van der Waals surface area contributed by atoms with Gasteiger partial charge in [-0.15, -0.1) is 0 Å². The average Bonchev–Trinajstić information content (AvgIpc) is 2.75. The molecule has 0 amide bonds. The Morgan fingerprint density at radius 1 is 1.41 bits per heavy atom. The first-order valence-electron chi connectivity index (χ1n) is 5.24. The van der Waals surface area contributed by atoms with E-state index in [2.05, 4.69) is 16.0 Å². The van der Waals surface area contributed by atoms with Gasteiger partial charge in [-0.1, -0.05) is 0 Å². The lowest BCUT2D eigenvalue weighted by Crippen LogP contribution is -2.19. The summed E-state index contributed by atoms with van der Waals surface area (Å²) in [7, 11) is 3.91. The van der Waals surface area contributed by atoms with Gasteiger partial charge < -0.3 is 9.47 Å². The van der Waals surface area contributed by atoms with Gasteiger partial charge in [0.05, 0.1) is 12.1 Å². The summed E-state index contributed by atoms with van der Waals surface area (Å²) in [6.45, 7) is 0.683. The molecule has 0 fully saturated rings. The topological polar surface area (TPSA) is 57.7 Å². The van der Waals surface area contributed by atoms with E-state index in [1.807, 2.05) is 35.8 Å². The zero-order valence-corrected chi connectivity index (χ0v) is 9.83. The van der Waals surface area contributed by atoms with Gasteiger partial charge in [0, 0.05) is 32.7 Å². The number of aryl methyl sites for hydroxylation is 1. The minimum absolute atomic E-state index is 0.569. The zero-order chi connectivity index (χ0) is 12.3. The second-order valence-electron chi connectivity index (χ2n) is 3.83. The summed E-state index contributed by atoms with van der Waals surface area (Å²) in [5.74, 6) is 1.80. The first-order valence-corrected chi connectivity index (χ1v) is 5.24. The van der Waals surface area contributed by atoms with Crippen LogP contribution in [-0.2, 0) is 13.6 Å². The van der Waals surface area contributed by atoms with Crippen LogP contribution in [0.3, 0.4) is 0 Å². The van der Waals surface area contributed by atoms with Gasteiger partial charge >= 0.3 is 0 Å². The SMILES string of the molecule is CN(Cc1nccn1C)c1ccc(C#N)cn1. The van der Waals surface area contributed by atoms with Gasteiger partial charge in [-0.3, -0.25) is 0 Å². The van der Waals surface area contributed by atoms with Crippen molar-refractivity contribution in [2.45, 2.75) is 6.54 Å². The van der Waals surface area contributed by atoms with Crippen LogP contribution in [0, 0.1) is 11.3 Å². The van der Waals surface area contributed by atoms with Crippen LogP contribution >= 0.6 is 0 Å². The molecule has 5 nitrogen and oxygen atoms in total. The fourth-order valence-corrected chi connectivity index (χ4v) is 1.52. The van der Waals surface area contributed by atoms with Gasteiger partial charge in [0.15, 0.2) is 0 Å². The van der Waals surface area contributed by atoms with Crippen molar-refractivity contribution >= 4 is 5.82 Å². The molecule has 17 heavy (non-hydrogen) atoms. The largest absolute Gasteiger partial charge is 0.352 e. The molecule has 5 heteroatoms. The summed E-state index contributed by atoms with van der Waals surface area (Å²) in [5.41, 5.74) is 0.569. The Labute approximate surface area is 100.0 Å². The summed E-state index contributed by atoms with van der Waals surface area (Å²) in [6, 6.07) is 5.65. The third-order valence-corrected chi connectivity index (χ3v) is 2.57. The number of hydrogen-bond acceptors (Lipinski definition) is 4. The van der Waals surface area contributed by atoms with Gasteiger partial charge in [-0.2, -0.15) is 5.26 Å². The summed E-state index contributed by atoms with van der Waals surface area (Å²) in [4.78, 5) is 10.5. The summed E-state index contributed by atoms with van der Waals surface area (Å²) in [5, 5.41) is 8.69. The Morgan fingerprint density at radius 3 is 2.76 bits per heavy atom. The summed E-state index contributed by atoms with van der Waals surface area (Å²) >= 11 is 0. The molecule has 0 aliphatic carbocycles. The summed E-state index contributed by atoms with van der Waals surface area (Å²) < 4.78 is 1.97. The lowest BCUT2D eigenvalue weighted by Gasteiger charge is -2.17. The van der Waals surface area contributed by atoms with Crippen molar-refractivity contribution in [1.82, 2.24) is 14.5 Å². The Kier molecular flexibility index (Phi) is 3.06. The maximum absolute atomic E-state index is 8.69. The van der Waals surface area contributed by atoms with Crippen molar-refractivity contribution < 1.29 is 0 Å². The van der Waals surface area contributed by atoms with Crippen LogP contribution in [0.15, 0.2) is 30.7 Å². The van der Waals surface area contributed by atoms with Gasteiger partial charge in [0.2, 0.25) is 0 Å². The molecule has 2 heterocycles. The first kappa shape index (κ1) is 11.1. The molecule has 0 unspecified atom stereocenters. The van der Waals surface area contributed by atoms with Crippen molar-refractivity contribution in [2.75, 3.05) is 11.9 Å². The van der Waals surface area contributed by atoms with Crippen molar-refractivity contribution in [3.05, 3.63) is 42.1 Å². The first-order chi connectivity index (χ1) is 8.20. The number of anilines is 1. The maximum atomic E-state index is 8.69. The van der Waals surface area contributed by atoms with E-state index in [0.717, 1.165) is 11.6 Å². The number of nitriles is 1. The highest BCUT2D eigenvalue weighted by Crippen LogP contribution is 2.11. The van der Waals surface area contributed by atoms with E-state index in [9.17, 15) is 0 Å². The van der Waals surface area contributed by atoms with E-state index >= 15 is 0 Å². The number of pyridine rings is 1. The van der Waals surface area contributed by atoms with Crippen LogP contribution in [0.4, 0.5) is 5.82 Å². The molecule has 86 valence electrons. The molecule has 2 aromatic rings. The van der Waals surface area contributed by atoms with Gasteiger partial charge in [0.25, 0.3) is 0 Å². The Morgan fingerprint density at radius 2 is 2.24 bits per heavy atom. The molecule has 0 bridgehead atoms. The van der Waals surface area contributed by atoms with Crippen molar-refractivity contribution in [2.24, 2.45) is 7.05 Å². The quantitative estimate of drug-likeness (QED) is 0.793. The van der Waals surface area contributed by atoms with E-state index in [-0.39, 0.29) is 0 Å². The molecule has 0 aliphatic heterocycles. The summed E-state index contributed by atoms with van der Waals surface area (Å²) in [6.07, 6.45) is 5.26. The second-order valence-corrected chi connectivity index (χ2v) is 3.83. The van der Waals surface area contributed by atoms with Crippen LogP contribution in [-0.4, -0.2) is 21.6 Å². The normalized spacial score (nSPS) is 9.94. The molecule has 0 spiro atoms. The molecule has 0 atom stereocenters. The van der Waals surface area contributed by atoms with E-state index < -0.39 is 0 Å². The lowest BCUT2D eigenvalue weighted by atomic mass is 10.3. The third-order valence-electron chi connectivity index (χ3n) is 2.57. The number of imidazole rings is 1. The Balaban J connectivity index is 2.12. The van der Waals surface area contributed by atoms with Gasteiger partial charge in [-0.05, 0) is 12.1 Å². The average molecular weight is 227 g/mol. The zero-order valence-electron chi connectivity index (χ0n) is 9.83. The molecule has 2 rings (SSSR count). The molecule has 0 saturated carbocycles. The molecular weight excluding hydrogens is 214 g/mol. The van der Waals surface area contributed by atoms with Gasteiger partial charge in [-0.25, -0.2) is 9.97 Å². The Hall–Kier alpha value is -2.35. The van der Waals surface area contributed by atoms with Crippen LogP contribution < -0.4 is 4.90 Å². The smallest absolute Gasteiger partial charge is 0.128 e. The minimum atomic E-state index is 0.569. The number of rotatable bonds is 3. The monoisotopic (exact) mass is 227 g/mol. The highest BCUT2D eigenvalue weighted by molar-refractivity contribution is 5.41. The molecule has 2 aromatic heterocycles. The van der Waals surface area contributed by atoms with Crippen molar-refractivity contribution in [3.8, 4) is 6.07 Å². The molecule has 0 N–H and O–H groups in total. The number of hydrogen-bond donors (Lipinski definition) is 0. The highest BCUT2D eigenvalue weighted by atomic mass is 15.2. The maximum Gasteiger partial charge on any atom is 0.128 e. The van der Waals surface area contributed by atoms with E-state index in [1.165, 1.54) is 0 Å². The highest BCUT2D eigenvalue weighted by Gasteiger charge is 2.06. The standard InChI is InChI=1S/C12H13N5/c1-16-6-5-14-12(16)9-17(2)11-4-3-10(7-13)8-15-11/h3-6,8H,9H2,1-2H3. The predicted molar refractivity (Wildman–Crippen MR) is 64.3 cm³/mol. The third kappa shape index (κ3) is 2.42. The van der Waals surface area contributed by atoms with Crippen molar-refractivity contribution in [1.29, 1.82) is 5.26 Å². The predicted octanol–water partition coefficient (Wildman–Crippen LogP) is 1.32. The molecule has 0 saturated heterocycles. The molecule has 0 radical (unpaired) electrons.